The maximum atomic E-state index is 13.4. The first-order valence-corrected chi connectivity index (χ1v) is 15.1. The van der Waals surface area contributed by atoms with Crippen molar-refractivity contribution in [2.45, 2.75) is 32.3 Å². The number of hydrogen-bond donors (Lipinski definition) is 2. The Hall–Kier alpha value is -4.99. The van der Waals surface area contributed by atoms with E-state index >= 15 is 0 Å². The molecule has 9 nitrogen and oxygen atoms in total. The average Bonchev–Trinajstić information content (AvgIpc) is 3.26. The molecular weight excluding hydrogens is 570 g/mol. The van der Waals surface area contributed by atoms with Crippen molar-refractivity contribution in [1.82, 2.24) is 0 Å². The third-order valence-corrected chi connectivity index (χ3v) is 7.65. The first-order valence-electron chi connectivity index (χ1n) is 15.1. The van der Waals surface area contributed by atoms with Gasteiger partial charge in [-0.1, -0.05) is 43.7 Å². The lowest BCUT2D eigenvalue weighted by molar-refractivity contribution is -0.617. The minimum Gasteiger partial charge on any atom is -0.618 e. The van der Waals surface area contributed by atoms with Crippen LogP contribution in [0.2, 0.25) is 0 Å². The standard InChI is InChI=1S/C36H37N3O6/c1-2-3-20-44-21-22-45-32-14-9-26(10-15-32)28-11-16-33-30(23-28)24-29(17-19-38(33)25-40)36(42)37-31-12-7-27(8-13-31)35(41)34-6-4-5-18-39(34)43/h4-16,18,23-25,35,41H,2-3,17,19-22H2,1H3,(H,37,42)/t35-/m1/s1. The van der Waals surface area contributed by atoms with E-state index in [1.54, 1.807) is 47.4 Å². The summed E-state index contributed by atoms with van der Waals surface area (Å²) in [7, 11) is 0. The first kappa shape index (κ1) is 31.4. The lowest BCUT2D eigenvalue weighted by Crippen LogP contribution is -2.32. The highest BCUT2D eigenvalue weighted by atomic mass is 16.5. The monoisotopic (exact) mass is 607 g/mol. The number of amides is 2. The minimum absolute atomic E-state index is 0.211. The third kappa shape index (κ3) is 7.94. The van der Waals surface area contributed by atoms with Crippen LogP contribution in [0.4, 0.5) is 11.4 Å². The molecule has 1 aliphatic rings. The number of aliphatic hydroxyl groups excluding tert-OH is 1. The number of fused-ring (bicyclic) bond motifs is 1. The van der Waals surface area contributed by atoms with E-state index in [1.807, 2.05) is 48.5 Å². The summed E-state index contributed by atoms with van der Waals surface area (Å²) in [6, 6.07) is 25.2. The highest BCUT2D eigenvalue weighted by Crippen LogP contribution is 2.33. The van der Waals surface area contributed by atoms with Crippen molar-refractivity contribution in [2.24, 2.45) is 0 Å². The number of hydrogen-bond acceptors (Lipinski definition) is 6. The Kier molecular flexibility index (Phi) is 10.6. The van der Waals surface area contributed by atoms with Crippen LogP contribution in [0, 0.1) is 5.21 Å². The van der Waals surface area contributed by atoms with E-state index in [2.05, 4.69) is 12.2 Å². The number of rotatable bonds is 13. The van der Waals surface area contributed by atoms with Gasteiger partial charge in [-0.3, -0.25) is 9.59 Å². The smallest absolute Gasteiger partial charge is 0.251 e. The summed E-state index contributed by atoms with van der Waals surface area (Å²) in [4.78, 5) is 26.9. The highest BCUT2D eigenvalue weighted by molar-refractivity contribution is 6.08. The Morgan fingerprint density at radius 1 is 1.02 bits per heavy atom. The van der Waals surface area contributed by atoms with Crippen molar-refractivity contribution in [2.75, 3.05) is 36.6 Å². The van der Waals surface area contributed by atoms with Crippen LogP contribution in [0.25, 0.3) is 17.2 Å². The fourth-order valence-corrected chi connectivity index (χ4v) is 5.12. The minimum atomic E-state index is -1.10. The molecule has 1 atom stereocenters. The molecule has 0 fully saturated rings. The van der Waals surface area contributed by atoms with Gasteiger partial charge < -0.3 is 30.0 Å². The number of aromatic nitrogens is 1. The van der Waals surface area contributed by atoms with Crippen LogP contribution >= 0.6 is 0 Å². The first-order chi connectivity index (χ1) is 22.0. The number of aliphatic hydroxyl groups is 1. The topological polar surface area (TPSA) is 115 Å². The number of carbonyl (C=O) groups excluding carboxylic acids is 2. The maximum absolute atomic E-state index is 13.4. The number of ether oxygens (including phenoxy) is 2. The van der Waals surface area contributed by atoms with E-state index in [9.17, 15) is 19.9 Å². The summed E-state index contributed by atoms with van der Waals surface area (Å²) < 4.78 is 12.0. The Morgan fingerprint density at radius 3 is 2.53 bits per heavy atom. The molecule has 4 aromatic rings. The average molecular weight is 608 g/mol. The van der Waals surface area contributed by atoms with Crippen LogP contribution in [0.15, 0.2) is 96.7 Å². The van der Waals surface area contributed by atoms with Crippen molar-refractivity contribution >= 4 is 29.8 Å². The van der Waals surface area contributed by atoms with Crippen LogP contribution in [0.3, 0.4) is 0 Å². The SMILES string of the molecule is CCCCOCCOc1ccc(-c2ccc3c(c2)C=C(C(=O)Nc2ccc([C@@H](O)c4cccc[n+]4[O-])cc2)CCN3C=O)cc1. The van der Waals surface area contributed by atoms with Crippen molar-refractivity contribution in [3.63, 3.8) is 0 Å². The molecule has 9 heteroatoms. The second-order valence-corrected chi connectivity index (χ2v) is 10.8. The van der Waals surface area contributed by atoms with Gasteiger partial charge in [0.2, 0.25) is 12.1 Å². The lowest BCUT2D eigenvalue weighted by Gasteiger charge is -2.18. The van der Waals surface area contributed by atoms with Crippen LogP contribution < -0.4 is 19.7 Å². The number of pyridine rings is 1. The van der Waals surface area contributed by atoms with E-state index in [1.165, 1.54) is 6.20 Å². The van der Waals surface area contributed by atoms with Gasteiger partial charge in [0, 0.05) is 36.5 Å². The van der Waals surface area contributed by atoms with Gasteiger partial charge >= 0.3 is 0 Å². The normalized spacial score (nSPS) is 13.3. The Morgan fingerprint density at radius 2 is 1.80 bits per heavy atom. The number of nitrogens with zero attached hydrogens (tertiary/aromatic N) is 2. The molecule has 0 spiro atoms. The quantitative estimate of drug-likeness (QED) is 0.0878. The fraction of sp³-hybridized carbons (Fsp3) is 0.250. The van der Waals surface area contributed by atoms with Crippen LogP contribution in [0.5, 0.6) is 5.75 Å². The van der Waals surface area contributed by atoms with Crippen molar-refractivity contribution in [3.05, 3.63) is 119 Å². The molecule has 0 aliphatic carbocycles. The summed E-state index contributed by atoms with van der Waals surface area (Å²) in [5.41, 5.74) is 5.22. The maximum Gasteiger partial charge on any atom is 0.251 e. The predicted molar refractivity (Wildman–Crippen MR) is 174 cm³/mol. The molecule has 5 rings (SSSR count). The zero-order chi connectivity index (χ0) is 31.6. The fourth-order valence-electron chi connectivity index (χ4n) is 5.12. The van der Waals surface area contributed by atoms with E-state index in [0.29, 0.717) is 47.7 Å². The molecule has 0 radical (unpaired) electrons. The van der Waals surface area contributed by atoms with Gasteiger partial charge in [-0.05, 0) is 83.6 Å². The summed E-state index contributed by atoms with van der Waals surface area (Å²) in [6.07, 6.45) is 5.36. The second kappa shape index (κ2) is 15.1. The summed E-state index contributed by atoms with van der Waals surface area (Å²) >= 11 is 0. The second-order valence-electron chi connectivity index (χ2n) is 10.8. The van der Waals surface area contributed by atoms with Gasteiger partial charge in [0.15, 0.2) is 12.3 Å². The van der Waals surface area contributed by atoms with Crippen molar-refractivity contribution in [1.29, 1.82) is 0 Å². The summed E-state index contributed by atoms with van der Waals surface area (Å²) in [6.45, 7) is 4.27. The van der Waals surface area contributed by atoms with Crippen molar-refractivity contribution < 1.29 is 28.9 Å². The largest absolute Gasteiger partial charge is 0.618 e. The number of unbranched alkanes of at least 4 members (excludes halogenated alkanes) is 1. The molecule has 0 saturated heterocycles. The molecule has 2 N–H and O–H groups in total. The van der Waals surface area contributed by atoms with Gasteiger partial charge in [-0.15, -0.1) is 0 Å². The molecule has 2 amide bonds. The molecule has 1 aromatic heterocycles. The van der Waals surface area contributed by atoms with Gasteiger partial charge in [-0.25, -0.2) is 0 Å². The molecule has 232 valence electrons. The van der Waals surface area contributed by atoms with Gasteiger partial charge in [0.1, 0.15) is 12.4 Å². The van der Waals surface area contributed by atoms with Crippen LogP contribution in [-0.4, -0.2) is 43.8 Å². The molecule has 1 aliphatic heterocycles. The van der Waals surface area contributed by atoms with E-state index in [-0.39, 0.29) is 11.6 Å². The summed E-state index contributed by atoms with van der Waals surface area (Å²) in [5.74, 6) is 0.475. The Bertz CT molecular complexity index is 1640. The predicted octanol–water partition coefficient (Wildman–Crippen LogP) is 5.65. The van der Waals surface area contributed by atoms with E-state index < -0.39 is 6.10 Å². The highest BCUT2D eigenvalue weighted by Gasteiger charge is 2.21. The van der Waals surface area contributed by atoms with Crippen LogP contribution in [0.1, 0.15) is 49.1 Å². The Balaban J connectivity index is 1.28. The molecule has 3 aromatic carbocycles. The van der Waals surface area contributed by atoms with Crippen molar-refractivity contribution in [3.8, 4) is 16.9 Å². The summed E-state index contributed by atoms with van der Waals surface area (Å²) in [5, 5.41) is 25.6. The zero-order valence-electron chi connectivity index (χ0n) is 25.2. The molecule has 0 unspecified atom stereocenters. The number of benzene rings is 3. The molecular formula is C36H37N3O6. The molecule has 2 heterocycles. The number of nitrogens with one attached hydrogen (secondary N) is 1. The molecule has 0 bridgehead atoms. The van der Waals surface area contributed by atoms with Crippen LogP contribution in [-0.2, 0) is 14.3 Å². The Labute approximate surface area is 262 Å². The van der Waals surface area contributed by atoms with Gasteiger partial charge in [-0.2, -0.15) is 4.73 Å². The molecule has 0 saturated carbocycles. The van der Waals surface area contributed by atoms with E-state index in [0.717, 1.165) is 54.0 Å². The van der Waals surface area contributed by atoms with Gasteiger partial charge in [0.25, 0.3) is 5.91 Å². The number of carbonyl (C=O) groups is 2. The van der Waals surface area contributed by atoms with Gasteiger partial charge in [0.05, 0.1) is 12.3 Å². The zero-order valence-corrected chi connectivity index (χ0v) is 25.2. The molecule has 45 heavy (non-hydrogen) atoms. The van der Waals surface area contributed by atoms with E-state index in [4.69, 9.17) is 9.47 Å². The third-order valence-electron chi connectivity index (χ3n) is 7.65. The lowest BCUT2D eigenvalue weighted by atomic mass is 10.00. The number of anilines is 2.